The summed E-state index contributed by atoms with van der Waals surface area (Å²) in [5, 5.41) is 27.9. The van der Waals surface area contributed by atoms with Crippen LogP contribution in [-0.4, -0.2) is 37.1 Å². The smallest absolute Gasteiger partial charge is 0.244 e. The van der Waals surface area contributed by atoms with Gasteiger partial charge in [-0.25, -0.2) is 9.97 Å². The van der Waals surface area contributed by atoms with Crippen LogP contribution < -0.4 is 10.6 Å². The van der Waals surface area contributed by atoms with Gasteiger partial charge in [-0.1, -0.05) is 42.2 Å². The first-order valence-electron chi connectivity index (χ1n) is 11.2. The minimum atomic E-state index is -0.425. The highest BCUT2D eigenvalue weighted by atomic mass is 32.1. The second kappa shape index (κ2) is 12.2. The molecule has 2 aromatic rings. The Labute approximate surface area is 203 Å². The fraction of sp³-hybridized carbons (Fsp3) is 0.375. The third-order valence-corrected chi connectivity index (χ3v) is 6.27. The van der Waals surface area contributed by atoms with Gasteiger partial charge in [0, 0.05) is 37.7 Å². The van der Waals surface area contributed by atoms with E-state index in [1.54, 1.807) is 12.3 Å². The van der Waals surface area contributed by atoms with Gasteiger partial charge in [-0.2, -0.15) is 4.98 Å². The van der Waals surface area contributed by atoms with E-state index < -0.39 is 4.92 Å². The topological polar surface area (TPSA) is 126 Å². The summed E-state index contributed by atoms with van der Waals surface area (Å²) in [6, 6.07) is 2.08. The maximum atomic E-state index is 10.9. The molecule has 0 saturated heterocycles. The Morgan fingerprint density at radius 1 is 1.35 bits per heavy atom. The summed E-state index contributed by atoms with van der Waals surface area (Å²) in [5.41, 5.74) is 1.97. The molecule has 0 atom stereocenters. The standard InChI is InChI=1S/C24H30N6O3S/c1-4-6-7-17(5-2)13-19-14-22(28-23(27-19)26-18-8-10-20(31)11-9-18)29-24-25-15-21(34-24)12-16(3)30(32)33/h4-7,12,14-15,18,20,31H,1,8-11,13H2,2-3H3,(H2,25,26,27,28,29)/b7-6-,16-12+,17-5+. The first-order chi connectivity index (χ1) is 16.4. The summed E-state index contributed by atoms with van der Waals surface area (Å²) in [4.78, 5) is 24.8. The number of nitro groups is 1. The Kier molecular flexibility index (Phi) is 9.06. The molecule has 0 aromatic carbocycles. The minimum Gasteiger partial charge on any atom is -0.393 e. The Morgan fingerprint density at radius 3 is 2.79 bits per heavy atom. The average molecular weight is 483 g/mol. The summed E-state index contributed by atoms with van der Waals surface area (Å²) in [6.45, 7) is 7.15. The molecule has 1 aliphatic carbocycles. The van der Waals surface area contributed by atoms with E-state index in [1.807, 2.05) is 31.2 Å². The van der Waals surface area contributed by atoms with Gasteiger partial charge in [-0.3, -0.25) is 10.1 Å². The quantitative estimate of drug-likeness (QED) is 0.238. The maximum absolute atomic E-state index is 10.9. The van der Waals surface area contributed by atoms with Crippen LogP contribution >= 0.6 is 11.3 Å². The van der Waals surface area contributed by atoms with Crippen LogP contribution in [0.5, 0.6) is 0 Å². The van der Waals surface area contributed by atoms with Crippen molar-refractivity contribution in [1.82, 2.24) is 15.0 Å². The number of allylic oxidation sites excluding steroid dienone is 6. The third kappa shape index (κ3) is 7.60. The first kappa shape index (κ1) is 25.3. The van der Waals surface area contributed by atoms with E-state index in [1.165, 1.54) is 24.3 Å². The van der Waals surface area contributed by atoms with Crippen LogP contribution in [0.25, 0.3) is 6.08 Å². The lowest BCUT2D eigenvalue weighted by Crippen LogP contribution is -2.29. The van der Waals surface area contributed by atoms with E-state index in [0.29, 0.717) is 28.2 Å². The van der Waals surface area contributed by atoms with Crippen molar-refractivity contribution in [3.8, 4) is 0 Å². The third-order valence-electron chi connectivity index (χ3n) is 5.41. The van der Waals surface area contributed by atoms with E-state index in [9.17, 15) is 15.2 Å². The molecule has 0 spiro atoms. The lowest BCUT2D eigenvalue weighted by Gasteiger charge is -2.26. The van der Waals surface area contributed by atoms with Gasteiger partial charge in [0.25, 0.3) is 0 Å². The highest BCUT2D eigenvalue weighted by molar-refractivity contribution is 7.16. The molecule has 2 aromatic heterocycles. The number of hydrogen-bond donors (Lipinski definition) is 3. The molecular weight excluding hydrogens is 452 g/mol. The highest BCUT2D eigenvalue weighted by Crippen LogP contribution is 2.26. The molecule has 3 N–H and O–H groups in total. The number of aromatic nitrogens is 3. The molecule has 0 aliphatic heterocycles. The second-order valence-corrected chi connectivity index (χ2v) is 9.15. The molecule has 3 rings (SSSR count). The Hall–Kier alpha value is -3.37. The van der Waals surface area contributed by atoms with Gasteiger partial charge in [0.2, 0.25) is 11.6 Å². The monoisotopic (exact) mass is 482 g/mol. The predicted octanol–water partition coefficient (Wildman–Crippen LogP) is 5.26. The van der Waals surface area contributed by atoms with Crippen molar-refractivity contribution in [1.29, 1.82) is 0 Å². The van der Waals surface area contributed by atoms with Gasteiger partial charge in [0.15, 0.2) is 5.13 Å². The van der Waals surface area contributed by atoms with Crippen LogP contribution in [-0.2, 0) is 6.42 Å². The number of aliphatic hydroxyl groups is 1. The summed E-state index contributed by atoms with van der Waals surface area (Å²) in [5.74, 6) is 1.10. The fourth-order valence-electron chi connectivity index (χ4n) is 3.56. The molecule has 0 radical (unpaired) electrons. The Bertz CT molecular complexity index is 1100. The van der Waals surface area contributed by atoms with Gasteiger partial charge in [-0.15, -0.1) is 0 Å². The van der Waals surface area contributed by atoms with Crippen LogP contribution in [0.2, 0.25) is 0 Å². The average Bonchev–Trinajstić information content (AvgIpc) is 3.24. The molecule has 0 amide bonds. The van der Waals surface area contributed by atoms with Gasteiger partial charge in [0.05, 0.1) is 21.6 Å². The summed E-state index contributed by atoms with van der Waals surface area (Å²) in [7, 11) is 0. The number of anilines is 3. The van der Waals surface area contributed by atoms with Crippen LogP contribution in [0.1, 0.15) is 50.1 Å². The number of rotatable bonds is 10. The van der Waals surface area contributed by atoms with Crippen LogP contribution in [0.3, 0.4) is 0 Å². The number of aliphatic hydroxyl groups excluding tert-OH is 1. The fourth-order valence-corrected chi connectivity index (χ4v) is 4.38. The van der Waals surface area contributed by atoms with Crippen molar-refractivity contribution in [3.63, 3.8) is 0 Å². The van der Waals surface area contributed by atoms with Crippen molar-refractivity contribution in [3.05, 3.63) is 75.1 Å². The van der Waals surface area contributed by atoms with E-state index in [2.05, 4.69) is 27.2 Å². The molecule has 1 aliphatic rings. The number of nitrogens with one attached hydrogen (secondary N) is 2. The van der Waals surface area contributed by atoms with Crippen LogP contribution in [0.15, 0.2) is 54.4 Å². The van der Waals surface area contributed by atoms with E-state index in [-0.39, 0.29) is 17.8 Å². The maximum Gasteiger partial charge on any atom is 0.244 e. The number of thiazole rings is 1. The Balaban J connectivity index is 1.83. The molecule has 1 fully saturated rings. The molecule has 0 bridgehead atoms. The first-order valence-corrected chi connectivity index (χ1v) is 12.0. The predicted molar refractivity (Wildman–Crippen MR) is 137 cm³/mol. The molecule has 2 heterocycles. The summed E-state index contributed by atoms with van der Waals surface area (Å²) >= 11 is 1.31. The molecular formula is C24H30N6O3S. The zero-order valence-corrected chi connectivity index (χ0v) is 20.2. The largest absolute Gasteiger partial charge is 0.393 e. The van der Waals surface area contributed by atoms with Crippen molar-refractivity contribution < 1.29 is 10.0 Å². The molecule has 1 saturated carbocycles. The number of hydrogen-bond acceptors (Lipinski definition) is 9. The van der Waals surface area contributed by atoms with E-state index >= 15 is 0 Å². The zero-order valence-electron chi connectivity index (χ0n) is 19.4. The molecule has 34 heavy (non-hydrogen) atoms. The SMILES string of the molecule is C=C/C=C\C(=C/C)Cc1cc(Nc2ncc(/C=C(\C)[N+](=O)[O-])s2)nc(NC2CCC(O)CC2)n1. The van der Waals surface area contributed by atoms with Crippen molar-refractivity contribution >= 4 is 34.3 Å². The number of nitrogens with zero attached hydrogens (tertiary/aromatic N) is 4. The van der Waals surface area contributed by atoms with Crippen LogP contribution in [0, 0.1) is 10.1 Å². The van der Waals surface area contributed by atoms with Crippen molar-refractivity contribution in [2.45, 2.75) is 58.1 Å². The lowest BCUT2D eigenvalue weighted by molar-refractivity contribution is -0.422. The van der Waals surface area contributed by atoms with Crippen LogP contribution in [0.4, 0.5) is 16.9 Å². The molecule has 0 unspecified atom stereocenters. The molecule has 180 valence electrons. The van der Waals surface area contributed by atoms with Gasteiger partial charge >= 0.3 is 0 Å². The van der Waals surface area contributed by atoms with Crippen molar-refractivity contribution in [2.75, 3.05) is 10.6 Å². The van der Waals surface area contributed by atoms with Gasteiger partial charge < -0.3 is 15.7 Å². The molecule has 10 heteroatoms. The van der Waals surface area contributed by atoms with Crippen molar-refractivity contribution in [2.24, 2.45) is 0 Å². The normalized spacial score (nSPS) is 19.3. The second-order valence-electron chi connectivity index (χ2n) is 8.09. The molecule has 9 nitrogen and oxygen atoms in total. The zero-order chi connectivity index (χ0) is 24.5. The van der Waals surface area contributed by atoms with E-state index in [4.69, 9.17) is 4.98 Å². The van der Waals surface area contributed by atoms with E-state index in [0.717, 1.165) is 37.0 Å². The van der Waals surface area contributed by atoms with Gasteiger partial charge in [-0.05, 0) is 38.2 Å². The Morgan fingerprint density at radius 2 is 2.12 bits per heavy atom. The summed E-state index contributed by atoms with van der Waals surface area (Å²) < 4.78 is 0. The summed E-state index contributed by atoms with van der Waals surface area (Å²) in [6.07, 6.45) is 14.3. The lowest BCUT2D eigenvalue weighted by atomic mass is 9.93. The highest BCUT2D eigenvalue weighted by Gasteiger charge is 2.20. The minimum absolute atomic E-state index is 0.0510. The van der Waals surface area contributed by atoms with Gasteiger partial charge in [0.1, 0.15) is 5.82 Å².